The minimum atomic E-state index is -4.55. The van der Waals surface area contributed by atoms with E-state index in [4.69, 9.17) is 0 Å². The minimum absolute atomic E-state index is 0.0314. The SMILES string of the molecule is O=C(C[NH+]1CCC(C(=O)c2ccc(F)cc2)CC1)Nc1ccccc1C(F)(F)F. The first kappa shape index (κ1) is 21.0. The van der Waals surface area contributed by atoms with Crippen molar-refractivity contribution in [1.82, 2.24) is 0 Å². The number of likely N-dealkylation sites (tertiary alicyclic amines) is 1. The number of nitrogens with one attached hydrogen (secondary N) is 2. The van der Waals surface area contributed by atoms with Gasteiger partial charge in [-0.1, -0.05) is 12.1 Å². The molecular weight excluding hydrogens is 388 g/mol. The molecule has 0 radical (unpaired) electrons. The van der Waals surface area contributed by atoms with Crippen molar-refractivity contribution < 1.29 is 32.1 Å². The van der Waals surface area contributed by atoms with Gasteiger partial charge >= 0.3 is 6.18 Å². The molecule has 1 fully saturated rings. The minimum Gasteiger partial charge on any atom is -0.327 e. The second kappa shape index (κ2) is 8.73. The van der Waals surface area contributed by atoms with Crippen LogP contribution in [0.15, 0.2) is 48.5 Å². The molecule has 0 saturated carbocycles. The first-order valence-corrected chi connectivity index (χ1v) is 9.33. The number of Topliss-reactive ketones (excluding diaryl/α,β-unsaturated/α-hetero) is 1. The summed E-state index contributed by atoms with van der Waals surface area (Å²) >= 11 is 0. The van der Waals surface area contributed by atoms with E-state index in [0.29, 0.717) is 31.5 Å². The van der Waals surface area contributed by atoms with E-state index in [0.717, 1.165) is 11.0 Å². The lowest BCUT2D eigenvalue weighted by Crippen LogP contribution is -3.14. The summed E-state index contributed by atoms with van der Waals surface area (Å²) in [6.45, 7) is 1.15. The number of carbonyl (C=O) groups is 2. The molecule has 2 aromatic carbocycles. The number of hydrogen-bond donors (Lipinski definition) is 2. The lowest BCUT2D eigenvalue weighted by molar-refractivity contribution is -0.897. The molecule has 3 rings (SSSR count). The molecule has 2 N–H and O–H groups in total. The lowest BCUT2D eigenvalue weighted by Gasteiger charge is -2.28. The zero-order valence-corrected chi connectivity index (χ0v) is 15.6. The molecule has 4 nitrogen and oxygen atoms in total. The highest BCUT2D eigenvalue weighted by atomic mass is 19.4. The average molecular weight is 409 g/mol. The number of rotatable bonds is 5. The molecule has 0 atom stereocenters. The van der Waals surface area contributed by atoms with Crippen LogP contribution in [-0.2, 0) is 11.0 Å². The Morgan fingerprint density at radius 1 is 1.00 bits per heavy atom. The van der Waals surface area contributed by atoms with Crippen LogP contribution in [0.4, 0.5) is 23.2 Å². The number of anilines is 1. The maximum Gasteiger partial charge on any atom is 0.418 e. The van der Waals surface area contributed by atoms with Gasteiger partial charge in [0.1, 0.15) is 5.82 Å². The third-order valence-electron chi connectivity index (χ3n) is 5.11. The van der Waals surface area contributed by atoms with E-state index < -0.39 is 23.5 Å². The standard InChI is InChI=1S/C21H20F4N2O2/c22-16-7-5-14(6-8-16)20(29)15-9-11-27(12-10-15)13-19(28)26-18-4-2-1-3-17(18)21(23,24)25/h1-8,15H,9-13H2,(H,26,28)/p+1. The van der Waals surface area contributed by atoms with E-state index in [1.807, 2.05) is 0 Å². The van der Waals surface area contributed by atoms with Gasteiger partial charge in [-0.2, -0.15) is 13.2 Å². The predicted molar refractivity (Wildman–Crippen MR) is 99.1 cm³/mol. The molecule has 1 aliphatic heterocycles. The van der Waals surface area contributed by atoms with Crippen molar-refractivity contribution in [2.24, 2.45) is 5.92 Å². The lowest BCUT2D eigenvalue weighted by atomic mass is 9.89. The molecule has 0 unspecified atom stereocenters. The van der Waals surface area contributed by atoms with Gasteiger partial charge in [-0.3, -0.25) is 9.59 Å². The number of amides is 1. The highest BCUT2D eigenvalue weighted by Crippen LogP contribution is 2.34. The quantitative estimate of drug-likeness (QED) is 0.589. The van der Waals surface area contributed by atoms with Crippen LogP contribution in [0.3, 0.4) is 0 Å². The highest BCUT2D eigenvalue weighted by molar-refractivity contribution is 5.97. The third-order valence-corrected chi connectivity index (χ3v) is 5.11. The summed E-state index contributed by atoms with van der Waals surface area (Å²) in [7, 11) is 0. The van der Waals surface area contributed by atoms with Crippen molar-refractivity contribution >= 4 is 17.4 Å². The second-order valence-corrected chi connectivity index (χ2v) is 7.16. The topological polar surface area (TPSA) is 50.6 Å². The van der Waals surface area contributed by atoms with Gasteiger partial charge in [0.2, 0.25) is 0 Å². The van der Waals surface area contributed by atoms with Crippen LogP contribution in [0.5, 0.6) is 0 Å². The molecule has 1 saturated heterocycles. The van der Waals surface area contributed by atoms with Crippen molar-refractivity contribution in [3.8, 4) is 0 Å². The first-order chi connectivity index (χ1) is 13.7. The number of quaternary nitrogens is 1. The molecule has 154 valence electrons. The van der Waals surface area contributed by atoms with Crippen LogP contribution < -0.4 is 10.2 Å². The van der Waals surface area contributed by atoms with Crippen molar-refractivity contribution in [3.05, 3.63) is 65.5 Å². The number of ketones is 1. The van der Waals surface area contributed by atoms with Gasteiger partial charge < -0.3 is 10.2 Å². The largest absolute Gasteiger partial charge is 0.418 e. The summed E-state index contributed by atoms with van der Waals surface area (Å²) < 4.78 is 52.1. The normalized spacial score (nSPS) is 19.6. The third kappa shape index (κ3) is 5.41. The number of para-hydroxylation sites is 1. The molecule has 1 heterocycles. The summed E-state index contributed by atoms with van der Waals surface area (Å²) in [6.07, 6.45) is -3.41. The second-order valence-electron chi connectivity index (χ2n) is 7.16. The van der Waals surface area contributed by atoms with Crippen LogP contribution in [0, 0.1) is 11.7 Å². The van der Waals surface area contributed by atoms with Crippen molar-refractivity contribution in [3.63, 3.8) is 0 Å². The van der Waals surface area contributed by atoms with Gasteiger partial charge in [0.15, 0.2) is 12.3 Å². The Morgan fingerprint density at radius 2 is 1.62 bits per heavy atom. The van der Waals surface area contributed by atoms with E-state index in [9.17, 15) is 27.2 Å². The maximum absolute atomic E-state index is 13.0. The summed E-state index contributed by atoms with van der Waals surface area (Å²) in [4.78, 5) is 25.6. The van der Waals surface area contributed by atoms with Gasteiger partial charge in [-0.05, 0) is 36.4 Å². The number of carbonyl (C=O) groups excluding carboxylic acids is 2. The van der Waals surface area contributed by atoms with Gasteiger partial charge in [-0.15, -0.1) is 0 Å². The van der Waals surface area contributed by atoms with E-state index in [2.05, 4.69) is 5.32 Å². The zero-order chi connectivity index (χ0) is 21.0. The highest BCUT2D eigenvalue weighted by Gasteiger charge is 2.34. The van der Waals surface area contributed by atoms with Crippen molar-refractivity contribution in [2.75, 3.05) is 25.0 Å². The van der Waals surface area contributed by atoms with Crippen LogP contribution in [0.25, 0.3) is 0 Å². The molecular formula is C21H21F4N2O2+. The number of benzene rings is 2. The van der Waals surface area contributed by atoms with Gasteiger partial charge in [0.25, 0.3) is 5.91 Å². The molecule has 8 heteroatoms. The Balaban J connectivity index is 1.53. The van der Waals surface area contributed by atoms with Crippen LogP contribution in [-0.4, -0.2) is 31.3 Å². The Hall–Kier alpha value is -2.74. The molecule has 2 aromatic rings. The summed E-state index contributed by atoms with van der Waals surface area (Å²) in [5, 5.41) is 2.35. The van der Waals surface area contributed by atoms with Crippen molar-refractivity contribution in [1.29, 1.82) is 0 Å². The van der Waals surface area contributed by atoms with Gasteiger partial charge in [0.05, 0.1) is 24.3 Å². The van der Waals surface area contributed by atoms with Gasteiger partial charge in [0, 0.05) is 24.3 Å². The summed E-state index contributed by atoms with van der Waals surface area (Å²) in [6, 6.07) is 10.3. The number of piperidine rings is 1. The van der Waals surface area contributed by atoms with E-state index in [1.54, 1.807) is 0 Å². The van der Waals surface area contributed by atoms with E-state index in [1.165, 1.54) is 42.5 Å². The average Bonchev–Trinajstić information content (AvgIpc) is 2.68. The Morgan fingerprint density at radius 3 is 2.24 bits per heavy atom. The summed E-state index contributed by atoms with van der Waals surface area (Å²) in [5.74, 6) is -1.15. The molecule has 1 aliphatic rings. The molecule has 0 spiro atoms. The molecule has 0 aromatic heterocycles. The Bertz CT molecular complexity index is 873. The zero-order valence-electron chi connectivity index (χ0n) is 15.6. The van der Waals surface area contributed by atoms with Crippen molar-refractivity contribution in [2.45, 2.75) is 19.0 Å². The van der Waals surface area contributed by atoms with Gasteiger partial charge in [-0.25, -0.2) is 4.39 Å². The van der Waals surface area contributed by atoms with E-state index >= 15 is 0 Å². The smallest absolute Gasteiger partial charge is 0.327 e. The fourth-order valence-electron chi connectivity index (χ4n) is 3.58. The molecule has 0 aliphatic carbocycles. The number of hydrogen-bond acceptors (Lipinski definition) is 2. The fraction of sp³-hybridized carbons (Fsp3) is 0.333. The Labute approximate surface area is 165 Å². The number of halogens is 4. The first-order valence-electron chi connectivity index (χ1n) is 9.33. The summed E-state index contributed by atoms with van der Waals surface area (Å²) in [5.41, 5.74) is -0.681. The van der Waals surface area contributed by atoms with Crippen LogP contribution in [0.1, 0.15) is 28.8 Å². The monoisotopic (exact) mass is 409 g/mol. The molecule has 29 heavy (non-hydrogen) atoms. The fourth-order valence-corrected chi connectivity index (χ4v) is 3.58. The number of alkyl halides is 3. The van der Waals surface area contributed by atoms with Crippen LogP contribution >= 0.6 is 0 Å². The van der Waals surface area contributed by atoms with E-state index in [-0.39, 0.29) is 23.9 Å². The molecule has 1 amide bonds. The molecule has 0 bridgehead atoms. The van der Waals surface area contributed by atoms with Crippen LogP contribution in [0.2, 0.25) is 0 Å². The maximum atomic E-state index is 13.0. The predicted octanol–water partition coefficient (Wildman–Crippen LogP) is 2.96. The Kier molecular flexibility index (Phi) is 6.32.